The van der Waals surface area contributed by atoms with Crippen molar-refractivity contribution in [3.63, 3.8) is 0 Å². The second kappa shape index (κ2) is 4.56. The van der Waals surface area contributed by atoms with E-state index in [4.69, 9.17) is 9.52 Å². The Balaban J connectivity index is 2.68. The van der Waals surface area contributed by atoms with Gasteiger partial charge < -0.3 is 9.52 Å². The predicted octanol–water partition coefficient (Wildman–Crippen LogP) is 4.61. The van der Waals surface area contributed by atoms with Crippen LogP contribution in [0.5, 0.6) is 0 Å². The number of carbonyl (C=O) groups is 1. The maximum absolute atomic E-state index is 11.0. The fraction of sp³-hybridized carbons (Fsp3) is 0.357. The van der Waals surface area contributed by atoms with Crippen LogP contribution in [-0.2, 0) is 5.41 Å². The SMILES string of the molecule is CN(C(=O)O)c1cc2cc(Br)cc(C(C)(C)C)c2o1. The molecule has 1 heterocycles. The van der Waals surface area contributed by atoms with Gasteiger partial charge in [-0.1, -0.05) is 36.7 Å². The molecule has 0 saturated carbocycles. The van der Waals surface area contributed by atoms with E-state index in [1.165, 1.54) is 7.05 Å². The second-order valence-electron chi connectivity index (χ2n) is 5.55. The van der Waals surface area contributed by atoms with Gasteiger partial charge in [0.2, 0.25) is 5.88 Å². The van der Waals surface area contributed by atoms with Gasteiger partial charge in [0, 0.05) is 28.5 Å². The summed E-state index contributed by atoms with van der Waals surface area (Å²) in [5.74, 6) is 0.325. The largest absolute Gasteiger partial charge is 0.465 e. The summed E-state index contributed by atoms with van der Waals surface area (Å²) < 4.78 is 6.68. The molecule has 1 aromatic heterocycles. The van der Waals surface area contributed by atoms with Crippen molar-refractivity contribution in [3.8, 4) is 0 Å². The van der Waals surface area contributed by atoms with Gasteiger partial charge in [0.25, 0.3) is 0 Å². The monoisotopic (exact) mass is 325 g/mol. The standard InChI is InChI=1S/C14H16BrNO3/c1-14(2,3)10-7-9(15)5-8-6-11(19-12(8)10)16(4)13(17)18/h5-7H,1-4H3,(H,17,18). The highest BCUT2D eigenvalue weighted by Gasteiger charge is 2.22. The molecule has 0 bridgehead atoms. The van der Waals surface area contributed by atoms with E-state index in [2.05, 4.69) is 36.7 Å². The Bertz CT molecular complexity index is 640. The van der Waals surface area contributed by atoms with Crippen LogP contribution in [0.3, 0.4) is 0 Å². The van der Waals surface area contributed by atoms with Gasteiger partial charge in [-0.25, -0.2) is 4.79 Å². The molecule has 19 heavy (non-hydrogen) atoms. The van der Waals surface area contributed by atoms with Crippen molar-refractivity contribution >= 4 is 38.9 Å². The Kier molecular flexibility index (Phi) is 3.34. The first-order chi connectivity index (χ1) is 8.70. The molecular formula is C14H16BrNO3. The van der Waals surface area contributed by atoms with Crippen molar-refractivity contribution in [1.29, 1.82) is 0 Å². The summed E-state index contributed by atoms with van der Waals surface area (Å²) >= 11 is 3.48. The van der Waals surface area contributed by atoms with Crippen LogP contribution in [0.15, 0.2) is 27.1 Å². The maximum atomic E-state index is 11.0. The molecule has 0 unspecified atom stereocenters. The number of hydrogen-bond donors (Lipinski definition) is 1. The number of benzene rings is 1. The molecule has 1 N–H and O–H groups in total. The summed E-state index contributed by atoms with van der Waals surface area (Å²) in [4.78, 5) is 12.1. The van der Waals surface area contributed by atoms with Crippen LogP contribution in [0.1, 0.15) is 26.3 Å². The van der Waals surface area contributed by atoms with E-state index in [9.17, 15) is 4.79 Å². The summed E-state index contributed by atoms with van der Waals surface area (Å²) in [5.41, 5.74) is 1.69. The smallest absolute Gasteiger partial charge is 0.413 e. The third kappa shape index (κ3) is 2.61. The molecular weight excluding hydrogens is 310 g/mol. The summed E-state index contributed by atoms with van der Waals surface area (Å²) in [6.45, 7) is 6.28. The first kappa shape index (κ1) is 13.9. The van der Waals surface area contributed by atoms with Crippen LogP contribution >= 0.6 is 15.9 Å². The van der Waals surface area contributed by atoms with E-state index < -0.39 is 6.09 Å². The molecule has 2 rings (SSSR count). The molecule has 0 atom stereocenters. The van der Waals surface area contributed by atoms with E-state index in [-0.39, 0.29) is 5.41 Å². The van der Waals surface area contributed by atoms with Crippen molar-refractivity contribution in [2.24, 2.45) is 0 Å². The highest BCUT2D eigenvalue weighted by molar-refractivity contribution is 9.10. The molecule has 0 spiro atoms. The van der Waals surface area contributed by atoms with E-state index in [0.717, 1.165) is 25.9 Å². The lowest BCUT2D eigenvalue weighted by Crippen LogP contribution is -2.23. The maximum Gasteiger partial charge on any atom is 0.413 e. The van der Waals surface area contributed by atoms with Crippen LogP contribution in [0.2, 0.25) is 0 Å². The minimum absolute atomic E-state index is 0.0844. The van der Waals surface area contributed by atoms with Gasteiger partial charge in [-0.05, 0) is 17.5 Å². The zero-order chi connectivity index (χ0) is 14.4. The first-order valence-corrected chi connectivity index (χ1v) is 6.69. The zero-order valence-electron chi connectivity index (χ0n) is 11.3. The number of furan rings is 1. The van der Waals surface area contributed by atoms with Crippen LogP contribution in [0, 0.1) is 0 Å². The van der Waals surface area contributed by atoms with Crippen molar-refractivity contribution in [1.82, 2.24) is 0 Å². The molecule has 1 amide bonds. The molecule has 0 aliphatic carbocycles. The summed E-state index contributed by atoms with van der Waals surface area (Å²) in [5, 5.41) is 9.89. The van der Waals surface area contributed by atoms with Crippen molar-refractivity contribution in [3.05, 3.63) is 28.2 Å². The third-order valence-electron chi connectivity index (χ3n) is 2.99. The van der Waals surface area contributed by atoms with Gasteiger partial charge in [-0.15, -0.1) is 0 Å². The fourth-order valence-electron chi connectivity index (χ4n) is 1.92. The highest BCUT2D eigenvalue weighted by atomic mass is 79.9. The fourth-order valence-corrected chi connectivity index (χ4v) is 2.40. The molecule has 0 radical (unpaired) electrons. The summed E-state index contributed by atoms with van der Waals surface area (Å²) in [6.07, 6.45) is -1.05. The predicted molar refractivity (Wildman–Crippen MR) is 79.0 cm³/mol. The van der Waals surface area contributed by atoms with Crippen LogP contribution < -0.4 is 4.90 Å². The summed E-state index contributed by atoms with van der Waals surface area (Å²) in [6, 6.07) is 5.67. The molecule has 4 nitrogen and oxygen atoms in total. The number of halogens is 1. The minimum Gasteiger partial charge on any atom is -0.465 e. The average molecular weight is 326 g/mol. The molecule has 0 fully saturated rings. The molecule has 1 aromatic carbocycles. The number of anilines is 1. The van der Waals surface area contributed by atoms with Crippen molar-refractivity contribution < 1.29 is 14.3 Å². The van der Waals surface area contributed by atoms with Crippen LogP contribution in [-0.4, -0.2) is 18.2 Å². The zero-order valence-corrected chi connectivity index (χ0v) is 12.9. The van der Waals surface area contributed by atoms with Crippen LogP contribution in [0.4, 0.5) is 10.7 Å². The third-order valence-corrected chi connectivity index (χ3v) is 3.45. The number of carboxylic acid groups (broad SMARTS) is 1. The molecule has 102 valence electrons. The number of amides is 1. The summed E-state index contributed by atoms with van der Waals surface area (Å²) in [7, 11) is 1.46. The molecule has 0 saturated heterocycles. The number of fused-ring (bicyclic) bond motifs is 1. The molecule has 0 aliphatic heterocycles. The Morgan fingerprint density at radius 2 is 1.95 bits per heavy atom. The molecule has 2 aromatic rings. The Morgan fingerprint density at radius 3 is 2.47 bits per heavy atom. The topological polar surface area (TPSA) is 53.7 Å². The van der Waals surface area contributed by atoms with Crippen LogP contribution in [0.25, 0.3) is 11.0 Å². The highest BCUT2D eigenvalue weighted by Crippen LogP contribution is 2.36. The van der Waals surface area contributed by atoms with Crippen molar-refractivity contribution in [2.75, 3.05) is 11.9 Å². The van der Waals surface area contributed by atoms with Crippen molar-refractivity contribution in [2.45, 2.75) is 26.2 Å². The van der Waals surface area contributed by atoms with Gasteiger partial charge in [-0.3, -0.25) is 4.90 Å². The Morgan fingerprint density at radius 1 is 1.32 bits per heavy atom. The van der Waals surface area contributed by atoms with E-state index in [1.807, 2.05) is 12.1 Å². The van der Waals surface area contributed by atoms with Gasteiger partial charge >= 0.3 is 6.09 Å². The molecule has 5 heteroatoms. The van der Waals surface area contributed by atoms with E-state index in [0.29, 0.717) is 5.88 Å². The second-order valence-corrected chi connectivity index (χ2v) is 6.46. The minimum atomic E-state index is -1.05. The number of hydrogen-bond acceptors (Lipinski definition) is 2. The first-order valence-electron chi connectivity index (χ1n) is 5.90. The van der Waals surface area contributed by atoms with E-state index >= 15 is 0 Å². The molecule has 0 aliphatic rings. The lowest BCUT2D eigenvalue weighted by Gasteiger charge is -2.19. The van der Waals surface area contributed by atoms with E-state index in [1.54, 1.807) is 6.07 Å². The van der Waals surface area contributed by atoms with Gasteiger partial charge in [0.05, 0.1) is 0 Å². The van der Waals surface area contributed by atoms with Gasteiger partial charge in [0.1, 0.15) is 5.58 Å². The lowest BCUT2D eigenvalue weighted by molar-refractivity contribution is 0.202. The average Bonchev–Trinajstić information content (AvgIpc) is 2.68. The van der Waals surface area contributed by atoms with Gasteiger partial charge in [0.15, 0.2) is 0 Å². The lowest BCUT2D eigenvalue weighted by atomic mass is 9.86. The number of rotatable bonds is 1. The Hall–Kier alpha value is -1.49. The number of nitrogens with zero attached hydrogens (tertiary/aromatic N) is 1. The van der Waals surface area contributed by atoms with Gasteiger partial charge in [-0.2, -0.15) is 0 Å². The normalized spacial score (nSPS) is 11.8. The quantitative estimate of drug-likeness (QED) is 0.833. The Labute approximate surface area is 120 Å².